The van der Waals surface area contributed by atoms with Crippen LogP contribution in [-0.2, 0) is 19.1 Å². The Labute approximate surface area is 430 Å². The highest BCUT2D eigenvalue weighted by atomic mass is 19.1. The van der Waals surface area contributed by atoms with Gasteiger partial charge in [-0.05, 0) is 226 Å². The standard InChI is InChI=1S/C33H56O2.C32H53FO2/c1-9-23-19-28-26(25-14-13-24(20-27(23)25)35-31(34)32(5,6)7)17-18-33(8)29(15-16-30(28)33)22(4)12-10-11-21(2)3;1-20(2)9-8-10-21(3)28-13-14-29-27-17-22(19-33)26-18-23(35-30(34)31(4,5)6)11-12-24(26)25(27)15-16-32(28,29)7/h21-24,26,28-30H,9-20H2,1-8H3;20-23,25,27-29H,8-19H2,1-7H3/t22-,23-,24+,26?,28?,29-,30?,33-;21-,22+,23+,25?,27?,28-,29?,32-/m11/s1. The number of fused-ring (bicyclic) bond motifs is 8. The van der Waals surface area contributed by atoms with E-state index in [1.165, 1.54) is 115 Å². The summed E-state index contributed by atoms with van der Waals surface area (Å²) in [6.07, 6.45) is 29.1. The molecular formula is C65H109FO4. The molecule has 8 aliphatic rings. The molecule has 0 N–H and O–H groups in total. The van der Waals surface area contributed by atoms with E-state index in [0.717, 1.165) is 97.7 Å². The Kier molecular flexibility index (Phi) is 18.2. The number of carbonyl (C=O) groups excluding carboxylic acids is 2. The van der Waals surface area contributed by atoms with Crippen LogP contribution in [0, 0.1) is 105 Å². The zero-order valence-electron chi connectivity index (χ0n) is 48.2. The van der Waals surface area contributed by atoms with Crippen LogP contribution in [-0.4, -0.2) is 30.8 Å². The molecule has 6 unspecified atom stereocenters. The lowest BCUT2D eigenvalue weighted by atomic mass is 9.50. The largest absolute Gasteiger partial charge is 0.462 e. The van der Waals surface area contributed by atoms with Crippen LogP contribution in [0.25, 0.3) is 0 Å². The normalized spacial score (nSPS) is 38.1. The molecule has 0 radical (unpaired) electrons. The fourth-order valence-electron chi connectivity index (χ4n) is 18.1. The van der Waals surface area contributed by atoms with Crippen LogP contribution in [0.2, 0.25) is 0 Å². The summed E-state index contributed by atoms with van der Waals surface area (Å²) >= 11 is 0. The molecule has 400 valence electrons. The molecule has 8 aliphatic carbocycles. The Balaban J connectivity index is 0.000000206. The maximum absolute atomic E-state index is 14.5. The summed E-state index contributed by atoms with van der Waals surface area (Å²) in [6, 6.07) is 0. The van der Waals surface area contributed by atoms with Crippen molar-refractivity contribution >= 4 is 11.9 Å². The van der Waals surface area contributed by atoms with Crippen molar-refractivity contribution in [2.75, 3.05) is 6.67 Å². The van der Waals surface area contributed by atoms with E-state index in [-0.39, 0.29) is 36.7 Å². The Bertz CT molecular complexity index is 1710. The van der Waals surface area contributed by atoms with E-state index in [2.05, 4.69) is 62.3 Å². The fraction of sp³-hybridized carbons (Fsp3) is 0.908. The maximum atomic E-state index is 14.5. The third-order valence-electron chi connectivity index (χ3n) is 21.9. The van der Waals surface area contributed by atoms with E-state index < -0.39 is 10.8 Å². The van der Waals surface area contributed by atoms with Gasteiger partial charge >= 0.3 is 11.9 Å². The second-order valence-electron chi connectivity index (χ2n) is 29.4. The van der Waals surface area contributed by atoms with Crippen molar-refractivity contribution in [2.45, 2.75) is 264 Å². The van der Waals surface area contributed by atoms with E-state index in [0.29, 0.717) is 28.6 Å². The van der Waals surface area contributed by atoms with Crippen molar-refractivity contribution in [3.63, 3.8) is 0 Å². The zero-order valence-corrected chi connectivity index (χ0v) is 48.2. The Hall–Kier alpha value is -1.65. The van der Waals surface area contributed by atoms with Gasteiger partial charge in [-0.2, -0.15) is 0 Å². The predicted octanol–water partition coefficient (Wildman–Crippen LogP) is 18.3. The van der Waals surface area contributed by atoms with Crippen molar-refractivity contribution in [1.82, 2.24) is 0 Å². The molecular weight excluding hydrogens is 864 g/mol. The number of allylic oxidation sites excluding steroid dienone is 2. The summed E-state index contributed by atoms with van der Waals surface area (Å²) in [6.45, 7) is 33.7. The van der Waals surface area contributed by atoms with Crippen LogP contribution < -0.4 is 0 Å². The molecule has 4 fully saturated rings. The van der Waals surface area contributed by atoms with Crippen LogP contribution in [0.3, 0.4) is 0 Å². The van der Waals surface area contributed by atoms with E-state index >= 15 is 0 Å². The number of alkyl halides is 1. The van der Waals surface area contributed by atoms with Crippen molar-refractivity contribution in [3.05, 3.63) is 22.3 Å². The molecule has 0 aliphatic heterocycles. The number of esters is 2. The molecule has 16 atom stereocenters. The predicted molar refractivity (Wildman–Crippen MR) is 290 cm³/mol. The van der Waals surface area contributed by atoms with Gasteiger partial charge in [0, 0.05) is 18.8 Å². The summed E-state index contributed by atoms with van der Waals surface area (Å²) in [4.78, 5) is 25.1. The second kappa shape index (κ2) is 22.7. The first-order chi connectivity index (χ1) is 32.9. The third kappa shape index (κ3) is 11.9. The number of rotatable bonds is 14. The Morgan fingerprint density at radius 2 is 0.971 bits per heavy atom. The molecule has 0 aromatic heterocycles. The smallest absolute Gasteiger partial charge is 0.311 e. The van der Waals surface area contributed by atoms with Crippen LogP contribution in [0.15, 0.2) is 22.3 Å². The van der Waals surface area contributed by atoms with Gasteiger partial charge in [0.05, 0.1) is 17.5 Å². The van der Waals surface area contributed by atoms with Gasteiger partial charge in [-0.15, -0.1) is 0 Å². The summed E-state index contributed by atoms with van der Waals surface area (Å²) in [7, 11) is 0. The molecule has 0 amide bonds. The average molecular weight is 974 g/mol. The number of hydrogen-bond acceptors (Lipinski definition) is 4. The first-order valence-electron chi connectivity index (χ1n) is 30.3. The van der Waals surface area contributed by atoms with Gasteiger partial charge in [-0.1, -0.05) is 123 Å². The van der Waals surface area contributed by atoms with Gasteiger partial charge in [0.15, 0.2) is 0 Å². The average Bonchev–Trinajstić information content (AvgIpc) is 3.84. The van der Waals surface area contributed by atoms with Crippen LogP contribution in [0.5, 0.6) is 0 Å². The fourth-order valence-corrected chi connectivity index (χ4v) is 18.1. The quantitative estimate of drug-likeness (QED) is 0.129. The molecule has 0 aromatic rings. The lowest BCUT2D eigenvalue weighted by molar-refractivity contribution is -0.160. The summed E-state index contributed by atoms with van der Waals surface area (Å²) < 4.78 is 26.4. The lowest BCUT2D eigenvalue weighted by Gasteiger charge is -2.55. The van der Waals surface area contributed by atoms with Crippen LogP contribution >= 0.6 is 0 Å². The minimum Gasteiger partial charge on any atom is -0.462 e. The van der Waals surface area contributed by atoms with Gasteiger partial charge in [0.2, 0.25) is 0 Å². The highest BCUT2D eigenvalue weighted by molar-refractivity contribution is 5.76. The molecule has 5 heteroatoms. The number of carbonyl (C=O) groups is 2. The molecule has 70 heavy (non-hydrogen) atoms. The first-order valence-corrected chi connectivity index (χ1v) is 30.3. The van der Waals surface area contributed by atoms with E-state index in [1.807, 2.05) is 47.1 Å². The lowest BCUT2D eigenvalue weighted by Crippen LogP contribution is -2.47. The minimum absolute atomic E-state index is 0.0266. The Morgan fingerprint density at radius 1 is 0.571 bits per heavy atom. The van der Waals surface area contributed by atoms with E-state index in [9.17, 15) is 14.0 Å². The SMILES string of the molecule is CC(C)CCC[C@@H](C)[C@H]1CCC2C3C[C@@H](CF)C4=C(CC[C@H](OC(=O)C(C)(C)C)C4)C3CC[C@@]21C.CC[C@@H]1CC2C(CC[C@@]3(C)C2CC[C@@H]3[C@H](C)CCCC(C)C)C2=C1C[C@@H](OC(=O)C(C)(C)C)CC2. The van der Waals surface area contributed by atoms with Gasteiger partial charge in [-0.25, -0.2) is 0 Å². The minimum atomic E-state index is -0.482. The Morgan fingerprint density at radius 3 is 1.34 bits per heavy atom. The number of hydrogen-bond donors (Lipinski definition) is 0. The van der Waals surface area contributed by atoms with Crippen LogP contribution in [0.4, 0.5) is 4.39 Å². The third-order valence-corrected chi connectivity index (χ3v) is 21.9. The van der Waals surface area contributed by atoms with Crippen molar-refractivity contribution in [2.24, 2.45) is 105 Å². The molecule has 0 aromatic carbocycles. The van der Waals surface area contributed by atoms with Crippen molar-refractivity contribution in [1.29, 1.82) is 0 Å². The van der Waals surface area contributed by atoms with Crippen LogP contribution in [0.1, 0.15) is 252 Å². The second-order valence-corrected chi connectivity index (χ2v) is 29.4. The highest BCUT2D eigenvalue weighted by Crippen LogP contribution is 2.67. The number of halogens is 1. The number of ether oxygens (including phenoxy) is 2. The zero-order chi connectivity index (χ0) is 51.1. The maximum Gasteiger partial charge on any atom is 0.311 e. The topological polar surface area (TPSA) is 52.6 Å². The van der Waals surface area contributed by atoms with Crippen molar-refractivity contribution in [3.8, 4) is 0 Å². The molecule has 4 saturated carbocycles. The van der Waals surface area contributed by atoms with E-state index in [1.54, 1.807) is 11.1 Å². The summed E-state index contributed by atoms with van der Waals surface area (Å²) in [5.74, 6) is 10.5. The molecule has 0 spiro atoms. The van der Waals surface area contributed by atoms with E-state index in [4.69, 9.17) is 9.47 Å². The van der Waals surface area contributed by atoms with Gasteiger partial charge < -0.3 is 9.47 Å². The van der Waals surface area contributed by atoms with Crippen molar-refractivity contribution < 1.29 is 23.5 Å². The molecule has 0 bridgehead atoms. The summed E-state index contributed by atoms with van der Waals surface area (Å²) in [5, 5.41) is 0. The van der Waals surface area contributed by atoms with Gasteiger partial charge in [0.1, 0.15) is 12.2 Å². The summed E-state index contributed by atoms with van der Waals surface area (Å²) in [5.41, 5.74) is 6.58. The first kappa shape index (κ1) is 56.1. The van der Waals surface area contributed by atoms with Gasteiger partial charge in [-0.3, -0.25) is 14.0 Å². The molecule has 4 nitrogen and oxygen atoms in total. The van der Waals surface area contributed by atoms with Gasteiger partial charge in [0.25, 0.3) is 0 Å². The molecule has 0 heterocycles. The highest BCUT2D eigenvalue weighted by Gasteiger charge is 2.59. The monoisotopic (exact) mass is 973 g/mol. The molecule has 8 rings (SSSR count). The molecule has 0 saturated heterocycles.